The van der Waals surface area contributed by atoms with Gasteiger partial charge in [0.15, 0.2) is 5.96 Å². The van der Waals surface area contributed by atoms with Crippen molar-refractivity contribution in [2.45, 2.75) is 38.1 Å². The van der Waals surface area contributed by atoms with E-state index < -0.39 is 0 Å². The van der Waals surface area contributed by atoms with Gasteiger partial charge in [-0.15, -0.1) is 6.58 Å². The second-order valence-corrected chi connectivity index (χ2v) is 6.25. The molecule has 0 bridgehead atoms. The zero-order valence-electron chi connectivity index (χ0n) is 14.9. The number of aliphatic imine (C=N–C) groups is 1. The Hall–Kier alpha value is -1.07. The molecule has 0 amide bonds. The second kappa shape index (κ2) is 9.85. The lowest BCUT2D eigenvalue weighted by molar-refractivity contribution is -0.00262. The van der Waals surface area contributed by atoms with Crippen molar-refractivity contribution in [3.8, 4) is 0 Å². The van der Waals surface area contributed by atoms with Crippen LogP contribution in [0.25, 0.3) is 0 Å². The number of rotatable bonds is 8. The van der Waals surface area contributed by atoms with Gasteiger partial charge in [-0.25, -0.2) is 0 Å². The van der Waals surface area contributed by atoms with E-state index in [9.17, 15) is 0 Å². The fourth-order valence-electron chi connectivity index (χ4n) is 2.77. The summed E-state index contributed by atoms with van der Waals surface area (Å²) in [4.78, 5) is 9.46. The van der Waals surface area contributed by atoms with Gasteiger partial charge < -0.3 is 19.9 Å². The van der Waals surface area contributed by atoms with E-state index in [0.29, 0.717) is 0 Å². The number of nitrogens with one attached hydrogen (secondary N) is 1. The molecule has 22 heavy (non-hydrogen) atoms. The van der Waals surface area contributed by atoms with Gasteiger partial charge in [0.05, 0.1) is 6.54 Å². The van der Waals surface area contributed by atoms with E-state index in [0.717, 1.165) is 64.5 Å². The number of unbranched alkanes of at least 4 members (excludes halogenated alkanes) is 1. The minimum atomic E-state index is 0.126. The molecule has 0 aromatic rings. The molecule has 1 heterocycles. The van der Waals surface area contributed by atoms with Gasteiger partial charge >= 0.3 is 0 Å². The van der Waals surface area contributed by atoms with E-state index >= 15 is 0 Å². The first-order valence-corrected chi connectivity index (χ1v) is 8.41. The Kier molecular flexibility index (Phi) is 8.49. The number of hydrogen-bond donors (Lipinski definition) is 1. The summed E-state index contributed by atoms with van der Waals surface area (Å²) < 4.78 is 5.53. The predicted octanol–water partition coefficient (Wildman–Crippen LogP) is 1.96. The van der Waals surface area contributed by atoms with E-state index in [4.69, 9.17) is 9.73 Å². The van der Waals surface area contributed by atoms with Crippen molar-refractivity contribution in [1.82, 2.24) is 15.1 Å². The molecular weight excluding hydrogens is 276 g/mol. The van der Waals surface area contributed by atoms with E-state index in [2.05, 4.69) is 49.8 Å². The molecule has 1 fully saturated rings. The molecule has 0 atom stereocenters. The molecule has 1 rings (SSSR count). The number of hydrogen-bond acceptors (Lipinski definition) is 3. The minimum Gasteiger partial charge on any atom is -0.381 e. The van der Waals surface area contributed by atoms with Crippen LogP contribution in [0, 0.1) is 0 Å². The lowest BCUT2D eigenvalue weighted by atomic mass is 9.89. The smallest absolute Gasteiger partial charge is 0.193 e. The maximum Gasteiger partial charge on any atom is 0.193 e. The van der Waals surface area contributed by atoms with Gasteiger partial charge in [0.25, 0.3) is 0 Å². The van der Waals surface area contributed by atoms with Crippen LogP contribution in [0.2, 0.25) is 0 Å². The molecule has 0 aliphatic carbocycles. The van der Waals surface area contributed by atoms with Crippen LogP contribution in [0.15, 0.2) is 17.6 Å². The van der Waals surface area contributed by atoms with Crippen molar-refractivity contribution in [3.63, 3.8) is 0 Å². The fourth-order valence-corrected chi connectivity index (χ4v) is 2.77. The quantitative estimate of drug-likeness (QED) is 0.322. The summed E-state index contributed by atoms with van der Waals surface area (Å²) in [5.74, 6) is 0.999. The van der Waals surface area contributed by atoms with E-state index in [1.807, 2.05) is 6.08 Å². The number of nitrogens with zero attached hydrogens (tertiary/aromatic N) is 3. The first-order chi connectivity index (χ1) is 10.6. The van der Waals surface area contributed by atoms with Crippen molar-refractivity contribution in [2.24, 2.45) is 4.99 Å². The first kappa shape index (κ1) is 19.0. The Morgan fingerprint density at radius 3 is 2.55 bits per heavy atom. The zero-order valence-corrected chi connectivity index (χ0v) is 14.9. The maximum absolute atomic E-state index is 5.53. The van der Waals surface area contributed by atoms with Crippen LogP contribution in [-0.2, 0) is 4.74 Å². The number of likely N-dealkylation sites (N-methyl/N-ethyl adjacent to an activating group) is 1. The molecule has 0 aromatic carbocycles. The Morgan fingerprint density at radius 1 is 1.32 bits per heavy atom. The molecule has 0 spiro atoms. The zero-order chi connectivity index (χ0) is 16.4. The van der Waals surface area contributed by atoms with Gasteiger partial charge in [-0.05, 0) is 46.7 Å². The lowest BCUT2D eigenvalue weighted by Gasteiger charge is -2.42. The summed E-state index contributed by atoms with van der Waals surface area (Å²) in [6, 6.07) is 0. The molecule has 0 saturated carbocycles. The van der Waals surface area contributed by atoms with Gasteiger partial charge in [0.2, 0.25) is 0 Å². The predicted molar refractivity (Wildman–Crippen MR) is 94.5 cm³/mol. The van der Waals surface area contributed by atoms with Crippen LogP contribution in [0.4, 0.5) is 0 Å². The van der Waals surface area contributed by atoms with Crippen molar-refractivity contribution in [3.05, 3.63) is 12.7 Å². The highest BCUT2D eigenvalue weighted by molar-refractivity contribution is 5.79. The fraction of sp³-hybridized carbons (Fsp3) is 0.824. The van der Waals surface area contributed by atoms with E-state index in [-0.39, 0.29) is 5.54 Å². The van der Waals surface area contributed by atoms with Crippen molar-refractivity contribution < 1.29 is 4.74 Å². The Labute approximate surface area is 136 Å². The molecule has 1 N–H and O–H groups in total. The molecule has 0 aromatic heterocycles. The standard InChI is InChI=1S/C17H34N4O/c1-6-8-9-12-21(5)16(18-7-2)19-15-17(20(3)4)10-13-22-14-11-17/h6H,1,7-15H2,2-5H3,(H,18,19). The van der Waals surface area contributed by atoms with Gasteiger partial charge in [0.1, 0.15) is 0 Å². The third kappa shape index (κ3) is 5.61. The number of allylic oxidation sites excluding steroid dienone is 1. The Balaban J connectivity index is 2.71. The highest BCUT2D eigenvalue weighted by Crippen LogP contribution is 2.26. The van der Waals surface area contributed by atoms with Gasteiger partial charge in [-0.2, -0.15) is 0 Å². The largest absolute Gasteiger partial charge is 0.381 e. The van der Waals surface area contributed by atoms with E-state index in [1.165, 1.54) is 0 Å². The first-order valence-electron chi connectivity index (χ1n) is 8.41. The summed E-state index contributed by atoms with van der Waals surface area (Å²) in [6.07, 6.45) is 6.22. The van der Waals surface area contributed by atoms with Gasteiger partial charge in [-0.3, -0.25) is 4.99 Å². The van der Waals surface area contributed by atoms with Gasteiger partial charge in [-0.1, -0.05) is 6.08 Å². The molecule has 1 aliphatic rings. The third-order valence-electron chi connectivity index (χ3n) is 4.49. The lowest BCUT2D eigenvalue weighted by Crippen LogP contribution is -2.52. The van der Waals surface area contributed by atoms with Crippen LogP contribution in [0.1, 0.15) is 32.6 Å². The molecule has 128 valence electrons. The van der Waals surface area contributed by atoms with Crippen molar-refractivity contribution >= 4 is 5.96 Å². The Morgan fingerprint density at radius 2 is 2.00 bits per heavy atom. The second-order valence-electron chi connectivity index (χ2n) is 6.25. The highest BCUT2D eigenvalue weighted by atomic mass is 16.5. The molecular formula is C17H34N4O. The molecule has 1 aliphatic heterocycles. The number of guanidine groups is 1. The minimum absolute atomic E-state index is 0.126. The summed E-state index contributed by atoms with van der Waals surface area (Å²) in [7, 11) is 6.42. The molecule has 1 saturated heterocycles. The van der Waals surface area contributed by atoms with Crippen LogP contribution < -0.4 is 5.32 Å². The summed E-state index contributed by atoms with van der Waals surface area (Å²) in [6.45, 7) is 10.3. The molecule has 5 heteroatoms. The average Bonchev–Trinajstić information content (AvgIpc) is 2.52. The molecule has 0 radical (unpaired) electrons. The van der Waals surface area contributed by atoms with Gasteiger partial charge in [0, 0.05) is 38.9 Å². The van der Waals surface area contributed by atoms with Crippen molar-refractivity contribution in [2.75, 3.05) is 54.0 Å². The van der Waals surface area contributed by atoms with Crippen LogP contribution in [0.3, 0.4) is 0 Å². The summed E-state index contributed by atoms with van der Waals surface area (Å²) >= 11 is 0. The molecule has 5 nitrogen and oxygen atoms in total. The van der Waals surface area contributed by atoms with Crippen LogP contribution >= 0.6 is 0 Å². The van der Waals surface area contributed by atoms with E-state index in [1.54, 1.807) is 0 Å². The van der Waals surface area contributed by atoms with Crippen LogP contribution in [0.5, 0.6) is 0 Å². The monoisotopic (exact) mass is 310 g/mol. The number of ether oxygens (including phenoxy) is 1. The SMILES string of the molecule is C=CCCCN(C)C(=NCC1(N(C)C)CCOCC1)NCC. The Bertz CT molecular complexity index is 349. The summed E-state index contributed by atoms with van der Waals surface area (Å²) in [5.41, 5.74) is 0.126. The normalized spacial score (nSPS) is 18.3. The topological polar surface area (TPSA) is 40.1 Å². The maximum atomic E-state index is 5.53. The highest BCUT2D eigenvalue weighted by Gasteiger charge is 2.34. The molecule has 0 unspecified atom stereocenters. The average molecular weight is 310 g/mol. The van der Waals surface area contributed by atoms with Crippen molar-refractivity contribution in [1.29, 1.82) is 0 Å². The van der Waals surface area contributed by atoms with Crippen LogP contribution in [-0.4, -0.2) is 75.3 Å². The summed E-state index contributed by atoms with van der Waals surface area (Å²) in [5, 5.41) is 3.41. The third-order valence-corrected chi connectivity index (χ3v) is 4.49.